The van der Waals surface area contributed by atoms with Gasteiger partial charge in [0.2, 0.25) is 0 Å². The van der Waals surface area contributed by atoms with Gasteiger partial charge in [-0.3, -0.25) is 14.1 Å². The van der Waals surface area contributed by atoms with Crippen molar-refractivity contribution >= 4 is 69.8 Å². The monoisotopic (exact) mass is 535 g/mol. The van der Waals surface area contributed by atoms with Gasteiger partial charge in [0.15, 0.2) is 0 Å². The maximum absolute atomic E-state index is 12.3. The van der Waals surface area contributed by atoms with E-state index in [0.717, 1.165) is 4.90 Å². The molecule has 1 rings (SSSR count). The first-order chi connectivity index (χ1) is 10.5. The summed E-state index contributed by atoms with van der Waals surface area (Å²) >= 11 is 9.86. The molecule has 0 unspecified atom stereocenters. The van der Waals surface area contributed by atoms with E-state index in [1.165, 1.54) is 7.05 Å². The fourth-order valence-electron chi connectivity index (χ4n) is 1.49. The Balaban J connectivity index is 2.69. The Labute approximate surface area is 158 Å². The van der Waals surface area contributed by atoms with Crippen molar-refractivity contribution in [3.05, 3.63) is 31.1 Å². The van der Waals surface area contributed by atoms with Gasteiger partial charge in [0.25, 0.3) is 16.0 Å². The van der Waals surface area contributed by atoms with Crippen LogP contribution in [0.15, 0.2) is 25.6 Å². The number of carbonyl (C=O) groups excluding carboxylic acids is 2. The van der Waals surface area contributed by atoms with Crippen LogP contribution in [0.2, 0.25) is 0 Å². The molecule has 0 fully saturated rings. The summed E-state index contributed by atoms with van der Waals surface area (Å²) in [7, 11) is -2.79. The van der Waals surface area contributed by atoms with Gasteiger partial charge in [-0.05, 0) is 44.0 Å². The van der Waals surface area contributed by atoms with E-state index in [9.17, 15) is 18.0 Å². The van der Waals surface area contributed by atoms with Crippen molar-refractivity contribution in [3.63, 3.8) is 0 Å². The van der Waals surface area contributed by atoms with Crippen molar-refractivity contribution < 1.29 is 27.3 Å². The Kier molecular flexibility index (Phi) is 7.65. The van der Waals surface area contributed by atoms with Gasteiger partial charge in [0.05, 0.1) is 5.56 Å². The molecule has 23 heavy (non-hydrogen) atoms. The van der Waals surface area contributed by atoms with Crippen molar-refractivity contribution in [1.29, 1.82) is 0 Å². The minimum atomic E-state index is -4.20. The molecule has 0 aliphatic carbocycles. The highest BCUT2D eigenvalue weighted by atomic mass is 79.9. The number of amides is 1. The third-order valence-corrected chi connectivity index (χ3v) is 5.69. The Morgan fingerprint density at radius 2 is 1.87 bits per heavy atom. The zero-order valence-corrected chi connectivity index (χ0v) is 17.3. The molecule has 0 saturated heterocycles. The van der Waals surface area contributed by atoms with E-state index in [0.29, 0.717) is 19.0 Å². The normalized spacial score (nSPS) is 11.2. The first kappa shape index (κ1) is 20.6. The Hall–Kier alpha value is -0.490. The summed E-state index contributed by atoms with van der Waals surface area (Å²) in [6.45, 7) is -0.841. The second-order valence-corrected chi connectivity index (χ2v) is 8.55. The Morgan fingerprint density at radius 1 is 1.26 bits per heavy atom. The molecule has 0 spiro atoms. The minimum Gasteiger partial charge on any atom is -0.463 e. The first-order valence-electron chi connectivity index (χ1n) is 6.02. The highest BCUT2D eigenvalue weighted by Gasteiger charge is 2.20. The lowest BCUT2D eigenvalue weighted by Crippen LogP contribution is -2.33. The number of hydrogen-bond acceptors (Lipinski definition) is 5. The van der Waals surface area contributed by atoms with Crippen LogP contribution in [0.4, 0.5) is 0 Å². The summed E-state index contributed by atoms with van der Waals surface area (Å²) < 4.78 is 36.1. The van der Waals surface area contributed by atoms with Crippen LogP contribution in [0.25, 0.3) is 0 Å². The molecule has 0 bridgehead atoms. The van der Waals surface area contributed by atoms with Crippen molar-refractivity contribution in [3.8, 4) is 0 Å². The largest absolute Gasteiger partial charge is 0.463 e. The molecule has 0 heterocycles. The maximum Gasteiger partial charge on any atom is 0.325 e. The molecule has 1 aromatic rings. The van der Waals surface area contributed by atoms with Gasteiger partial charge < -0.3 is 9.64 Å². The standard InChI is InChI=1S/C12H12Br3NO6S/c1-16(6-10(17)22-2-3-23(19,20)21)12(18)8-4-7(13)5-9(14)11(8)15/h4-5H,2-3,6H2,1H3,(H,19,20,21). The van der Waals surface area contributed by atoms with Gasteiger partial charge in [0.1, 0.15) is 18.9 Å². The summed E-state index contributed by atoms with van der Waals surface area (Å²) in [4.78, 5) is 25.1. The van der Waals surface area contributed by atoms with Gasteiger partial charge in [-0.15, -0.1) is 0 Å². The predicted molar refractivity (Wildman–Crippen MR) is 93.9 cm³/mol. The van der Waals surface area contributed by atoms with Crippen LogP contribution in [0.3, 0.4) is 0 Å². The minimum absolute atomic E-state index is 0.333. The molecule has 7 nitrogen and oxygen atoms in total. The van der Waals surface area contributed by atoms with E-state index < -0.39 is 34.4 Å². The molecule has 1 amide bonds. The quantitative estimate of drug-likeness (QED) is 0.340. The van der Waals surface area contributed by atoms with Gasteiger partial charge in [-0.25, -0.2) is 0 Å². The molecule has 128 valence electrons. The van der Waals surface area contributed by atoms with Crippen LogP contribution in [0.5, 0.6) is 0 Å². The maximum atomic E-state index is 12.3. The van der Waals surface area contributed by atoms with Crippen molar-refractivity contribution in [1.82, 2.24) is 4.90 Å². The van der Waals surface area contributed by atoms with E-state index in [4.69, 9.17) is 4.55 Å². The van der Waals surface area contributed by atoms with Gasteiger partial charge >= 0.3 is 5.97 Å². The number of ether oxygens (including phenoxy) is 1. The Bertz CT molecular complexity index is 722. The highest BCUT2D eigenvalue weighted by molar-refractivity contribution is 9.13. The lowest BCUT2D eigenvalue weighted by molar-refractivity contribution is -0.143. The molecule has 0 saturated carbocycles. The van der Waals surface area contributed by atoms with Crippen LogP contribution in [-0.4, -0.2) is 55.7 Å². The third-order valence-electron chi connectivity index (χ3n) is 2.54. The fourth-order valence-corrected chi connectivity index (χ4v) is 3.41. The SMILES string of the molecule is CN(CC(=O)OCCS(=O)(=O)O)C(=O)c1cc(Br)cc(Br)c1Br. The number of rotatable bonds is 6. The molecule has 0 aromatic heterocycles. The molecule has 0 radical (unpaired) electrons. The number of carbonyl (C=O) groups is 2. The zero-order valence-electron chi connectivity index (χ0n) is 11.8. The molecule has 0 aliphatic rings. The topological polar surface area (TPSA) is 101 Å². The lowest BCUT2D eigenvalue weighted by Gasteiger charge is -2.17. The van der Waals surface area contributed by atoms with Crippen LogP contribution < -0.4 is 0 Å². The first-order valence-corrected chi connectivity index (χ1v) is 10.0. The van der Waals surface area contributed by atoms with Crippen molar-refractivity contribution in [2.75, 3.05) is 26.0 Å². The summed E-state index contributed by atoms with van der Waals surface area (Å²) in [6.07, 6.45) is 0. The van der Waals surface area contributed by atoms with Crippen LogP contribution in [0.1, 0.15) is 10.4 Å². The molecule has 0 aliphatic heterocycles. The molecule has 11 heteroatoms. The van der Waals surface area contributed by atoms with Gasteiger partial charge in [-0.1, -0.05) is 15.9 Å². The average Bonchev–Trinajstić information content (AvgIpc) is 2.40. The van der Waals surface area contributed by atoms with E-state index in [2.05, 4.69) is 52.5 Å². The number of halogens is 3. The van der Waals surface area contributed by atoms with E-state index in [-0.39, 0.29) is 6.54 Å². The number of esters is 1. The Morgan fingerprint density at radius 3 is 2.43 bits per heavy atom. The number of hydrogen-bond donors (Lipinski definition) is 1. The summed E-state index contributed by atoms with van der Waals surface area (Å²) in [5, 5.41) is 0. The van der Waals surface area contributed by atoms with Crippen molar-refractivity contribution in [2.24, 2.45) is 0 Å². The smallest absolute Gasteiger partial charge is 0.325 e. The van der Waals surface area contributed by atoms with Crippen molar-refractivity contribution in [2.45, 2.75) is 0 Å². The molecular weight excluding hydrogens is 526 g/mol. The summed E-state index contributed by atoms with van der Waals surface area (Å²) in [6, 6.07) is 3.35. The van der Waals surface area contributed by atoms with E-state index in [1.54, 1.807) is 12.1 Å². The van der Waals surface area contributed by atoms with Crippen LogP contribution >= 0.6 is 47.8 Å². The number of likely N-dealkylation sites (N-methyl/N-ethyl adjacent to an activating group) is 1. The van der Waals surface area contributed by atoms with Crippen LogP contribution in [-0.2, 0) is 19.6 Å². The molecule has 1 N–H and O–H groups in total. The van der Waals surface area contributed by atoms with Gasteiger partial charge in [-0.2, -0.15) is 8.42 Å². The molecule has 1 aromatic carbocycles. The van der Waals surface area contributed by atoms with Crippen LogP contribution in [0, 0.1) is 0 Å². The van der Waals surface area contributed by atoms with E-state index in [1.807, 2.05) is 0 Å². The predicted octanol–water partition coefficient (Wildman–Crippen LogP) is 2.48. The zero-order chi connectivity index (χ0) is 17.8. The molecule has 0 atom stereocenters. The molecular formula is C12H12Br3NO6S. The summed E-state index contributed by atoms with van der Waals surface area (Å²) in [5.41, 5.74) is 0.333. The summed E-state index contributed by atoms with van der Waals surface area (Å²) in [5.74, 6) is -1.90. The van der Waals surface area contributed by atoms with Gasteiger partial charge in [0, 0.05) is 20.5 Å². The second kappa shape index (κ2) is 8.56. The second-order valence-electron chi connectivity index (χ2n) is 4.42. The lowest BCUT2D eigenvalue weighted by atomic mass is 10.2. The average molecular weight is 538 g/mol. The highest BCUT2D eigenvalue weighted by Crippen LogP contribution is 2.31. The third kappa shape index (κ3) is 6.87. The fraction of sp³-hybridized carbons (Fsp3) is 0.333. The number of benzene rings is 1. The van der Waals surface area contributed by atoms with E-state index >= 15 is 0 Å². The number of nitrogens with zero attached hydrogens (tertiary/aromatic N) is 1.